The summed E-state index contributed by atoms with van der Waals surface area (Å²) in [6, 6.07) is 0. The van der Waals surface area contributed by atoms with E-state index in [0.29, 0.717) is 19.6 Å². The smallest absolute Gasteiger partial charge is 0.354 e. The van der Waals surface area contributed by atoms with Gasteiger partial charge in [0.2, 0.25) is 0 Å². The highest BCUT2D eigenvalue weighted by Gasteiger charge is 2.32. The number of aryl methyl sites for hydroxylation is 1. The van der Waals surface area contributed by atoms with E-state index in [0.717, 1.165) is 37.6 Å². The minimum Gasteiger partial charge on any atom is -0.354 e. The first-order chi connectivity index (χ1) is 12.3. The third-order valence-electron chi connectivity index (χ3n) is 4.55. The highest BCUT2D eigenvalue weighted by Crippen LogP contribution is 2.21. The Labute approximate surface area is 153 Å². The first kappa shape index (κ1) is 20.5. The summed E-state index contributed by atoms with van der Waals surface area (Å²) in [6.07, 6.45) is 0.542. The highest BCUT2D eigenvalue weighted by atomic mass is 19.4. The SMILES string of the molecule is CCN(CC1CCN(C(=NC)NCCn2cc(C)cn2)C1)CC(F)(F)F. The number of hydrogen-bond donors (Lipinski definition) is 1. The molecular weight excluding hydrogens is 345 g/mol. The Morgan fingerprint density at radius 2 is 2.23 bits per heavy atom. The molecule has 0 aromatic carbocycles. The summed E-state index contributed by atoms with van der Waals surface area (Å²) in [6.45, 7) is 6.79. The van der Waals surface area contributed by atoms with E-state index in [2.05, 4.69) is 20.3 Å². The van der Waals surface area contributed by atoms with Crippen LogP contribution in [-0.4, -0.2) is 78.0 Å². The molecule has 26 heavy (non-hydrogen) atoms. The zero-order valence-electron chi connectivity index (χ0n) is 15.8. The lowest BCUT2D eigenvalue weighted by atomic mass is 10.1. The molecule has 1 aromatic rings. The standard InChI is InChI=1S/C17H29F3N6/c1-4-24(13-17(18,19)20)11-15-5-7-25(12-15)16(21-3)22-6-8-26-10-14(2)9-23-26/h9-10,15H,4-8,11-13H2,1-3H3,(H,21,22). The van der Waals surface area contributed by atoms with Crippen molar-refractivity contribution >= 4 is 5.96 Å². The van der Waals surface area contributed by atoms with E-state index in [1.165, 1.54) is 4.90 Å². The third-order valence-corrected chi connectivity index (χ3v) is 4.55. The summed E-state index contributed by atoms with van der Waals surface area (Å²) in [5.41, 5.74) is 1.12. The fraction of sp³-hybridized carbons (Fsp3) is 0.765. The topological polar surface area (TPSA) is 48.7 Å². The van der Waals surface area contributed by atoms with Crippen molar-refractivity contribution in [1.29, 1.82) is 0 Å². The summed E-state index contributed by atoms with van der Waals surface area (Å²) < 4.78 is 39.7. The van der Waals surface area contributed by atoms with Gasteiger partial charge in [0.25, 0.3) is 0 Å². The number of aliphatic imine (C=N–C) groups is 1. The van der Waals surface area contributed by atoms with E-state index in [-0.39, 0.29) is 5.92 Å². The monoisotopic (exact) mass is 374 g/mol. The van der Waals surface area contributed by atoms with Crippen molar-refractivity contribution in [3.63, 3.8) is 0 Å². The molecule has 1 aliphatic rings. The normalized spacial score (nSPS) is 18.8. The third kappa shape index (κ3) is 6.51. The Hall–Kier alpha value is -1.77. The van der Waals surface area contributed by atoms with Crippen molar-refractivity contribution in [3.05, 3.63) is 18.0 Å². The number of rotatable bonds is 7. The van der Waals surface area contributed by atoms with Crippen LogP contribution in [0.4, 0.5) is 13.2 Å². The van der Waals surface area contributed by atoms with Crippen LogP contribution in [0.15, 0.2) is 17.4 Å². The van der Waals surface area contributed by atoms with Gasteiger partial charge < -0.3 is 10.2 Å². The van der Waals surface area contributed by atoms with Crippen LogP contribution in [0.2, 0.25) is 0 Å². The molecule has 148 valence electrons. The molecule has 0 spiro atoms. The fourth-order valence-electron chi connectivity index (χ4n) is 3.30. The quantitative estimate of drug-likeness (QED) is 0.586. The molecule has 1 saturated heterocycles. The molecule has 2 rings (SSSR count). The van der Waals surface area contributed by atoms with Gasteiger partial charge in [-0.3, -0.25) is 14.6 Å². The van der Waals surface area contributed by atoms with E-state index < -0.39 is 12.7 Å². The molecule has 1 fully saturated rings. The zero-order chi connectivity index (χ0) is 19.2. The van der Waals surface area contributed by atoms with Gasteiger partial charge in [0, 0.05) is 39.4 Å². The summed E-state index contributed by atoms with van der Waals surface area (Å²) in [7, 11) is 1.73. The predicted molar refractivity (Wildman–Crippen MR) is 96.2 cm³/mol. The maximum absolute atomic E-state index is 12.6. The summed E-state index contributed by atoms with van der Waals surface area (Å²) in [5.74, 6) is 1.03. The lowest BCUT2D eigenvalue weighted by Crippen LogP contribution is -2.42. The van der Waals surface area contributed by atoms with E-state index in [9.17, 15) is 13.2 Å². The zero-order valence-corrected chi connectivity index (χ0v) is 15.8. The van der Waals surface area contributed by atoms with Crippen molar-refractivity contribution in [2.45, 2.75) is 33.0 Å². The lowest BCUT2D eigenvalue weighted by Gasteiger charge is -2.26. The molecule has 0 bridgehead atoms. The molecule has 9 heteroatoms. The van der Waals surface area contributed by atoms with Crippen molar-refractivity contribution < 1.29 is 13.2 Å². The Morgan fingerprint density at radius 1 is 1.46 bits per heavy atom. The second kappa shape index (κ2) is 9.25. The first-order valence-corrected chi connectivity index (χ1v) is 9.04. The Kier molecular flexibility index (Phi) is 7.31. The van der Waals surface area contributed by atoms with E-state index in [1.807, 2.05) is 24.0 Å². The average molecular weight is 374 g/mol. The van der Waals surface area contributed by atoms with Crippen molar-refractivity contribution in [2.75, 3.05) is 46.3 Å². The van der Waals surface area contributed by atoms with Gasteiger partial charge in [-0.2, -0.15) is 18.3 Å². The number of halogens is 3. The Bertz CT molecular complexity index is 583. The van der Waals surface area contributed by atoms with E-state index >= 15 is 0 Å². The van der Waals surface area contributed by atoms with Gasteiger partial charge in [-0.1, -0.05) is 6.92 Å². The average Bonchev–Trinajstić information content (AvgIpc) is 3.19. The highest BCUT2D eigenvalue weighted by molar-refractivity contribution is 5.80. The molecule has 0 amide bonds. The summed E-state index contributed by atoms with van der Waals surface area (Å²) >= 11 is 0. The number of hydrogen-bond acceptors (Lipinski definition) is 3. The maximum Gasteiger partial charge on any atom is 0.401 e. The van der Waals surface area contributed by atoms with Crippen molar-refractivity contribution in [1.82, 2.24) is 24.9 Å². The van der Waals surface area contributed by atoms with Crippen LogP contribution in [-0.2, 0) is 6.54 Å². The van der Waals surface area contributed by atoms with Crippen LogP contribution in [0.3, 0.4) is 0 Å². The second-order valence-electron chi connectivity index (χ2n) is 6.80. The van der Waals surface area contributed by atoms with Gasteiger partial charge in [-0.15, -0.1) is 0 Å². The van der Waals surface area contributed by atoms with Crippen LogP contribution in [0, 0.1) is 12.8 Å². The lowest BCUT2D eigenvalue weighted by molar-refractivity contribution is -0.146. The van der Waals surface area contributed by atoms with Crippen LogP contribution in [0.5, 0.6) is 0 Å². The molecular formula is C17H29F3N6. The van der Waals surface area contributed by atoms with Gasteiger partial charge in [0.1, 0.15) is 0 Å². The van der Waals surface area contributed by atoms with Crippen LogP contribution in [0.25, 0.3) is 0 Å². The minimum absolute atomic E-state index is 0.226. The fourth-order valence-corrected chi connectivity index (χ4v) is 3.30. The number of aromatic nitrogens is 2. The largest absolute Gasteiger partial charge is 0.401 e. The summed E-state index contributed by atoms with van der Waals surface area (Å²) in [5, 5.41) is 7.56. The van der Waals surface area contributed by atoms with Crippen molar-refractivity contribution in [2.24, 2.45) is 10.9 Å². The molecule has 1 aromatic heterocycles. The van der Waals surface area contributed by atoms with Crippen LogP contribution >= 0.6 is 0 Å². The molecule has 1 unspecified atom stereocenters. The van der Waals surface area contributed by atoms with Gasteiger partial charge in [-0.05, 0) is 31.4 Å². The Balaban J connectivity index is 1.77. The number of likely N-dealkylation sites (tertiary alicyclic amines) is 1. The van der Waals surface area contributed by atoms with E-state index in [1.54, 1.807) is 14.0 Å². The minimum atomic E-state index is -4.14. The van der Waals surface area contributed by atoms with Gasteiger partial charge >= 0.3 is 6.18 Å². The molecule has 1 aliphatic heterocycles. The number of alkyl halides is 3. The molecule has 0 radical (unpaired) electrons. The predicted octanol–water partition coefficient (Wildman–Crippen LogP) is 1.97. The Morgan fingerprint density at radius 3 is 2.81 bits per heavy atom. The van der Waals surface area contributed by atoms with Gasteiger partial charge in [-0.25, -0.2) is 0 Å². The van der Waals surface area contributed by atoms with Gasteiger partial charge in [0.15, 0.2) is 5.96 Å². The molecule has 1 atom stereocenters. The molecule has 2 heterocycles. The molecule has 1 N–H and O–H groups in total. The van der Waals surface area contributed by atoms with Crippen LogP contribution < -0.4 is 5.32 Å². The molecule has 0 aliphatic carbocycles. The van der Waals surface area contributed by atoms with Crippen LogP contribution in [0.1, 0.15) is 18.9 Å². The first-order valence-electron chi connectivity index (χ1n) is 9.04. The van der Waals surface area contributed by atoms with E-state index in [4.69, 9.17) is 0 Å². The second-order valence-corrected chi connectivity index (χ2v) is 6.80. The maximum atomic E-state index is 12.6. The number of nitrogens with one attached hydrogen (secondary N) is 1. The molecule has 6 nitrogen and oxygen atoms in total. The number of nitrogens with zero attached hydrogens (tertiary/aromatic N) is 5. The molecule has 0 saturated carbocycles. The van der Waals surface area contributed by atoms with Gasteiger partial charge in [0.05, 0.1) is 19.3 Å². The summed E-state index contributed by atoms with van der Waals surface area (Å²) in [4.78, 5) is 7.91. The van der Waals surface area contributed by atoms with Crippen molar-refractivity contribution in [3.8, 4) is 0 Å². The number of guanidine groups is 1.